The number of likely N-dealkylation sites (tertiary alicyclic amines) is 1. The SMILES string of the molecule is O=C(c1ccc(N2CCOCC2)cc1)N1CCCC(Oc2ccncc2Cl)C1. The molecule has 6 nitrogen and oxygen atoms in total. The molecule has 28 heavy (non-hydrogen) atoms. The molecule has 0 N–H and O–H groups in total. The predicted molar refractivity (Wildman–Crippen MR) is 108 cm³/mol. The highest BCUT2D eigenvalue weighted by atomic mass is 35.5. The van der Waals surface area contributed by atoms with Gasteiger partial charge >= 0.3 is 0 Å². The van der Waals surface area contributed by atoms with Gasteiger partial charge in [-0.05, 0) is 37.1 Å². The molecule has 0 radical (unpaired) electrons. The molecule has 148 valence electrons. The Morgan fingerprint density at radius 3 is 2.68 bits per heavy atom. The Morgan fingerprint density at radius 1 is 1.14 bits per heavy atom. The van der Waals surface area contributed by atoms with Crippen molar-refractivity contribution in [2.75, 3.05) is 44.3 Å². The number of halogens is 1. The lowest BCUT2D eigenvalue weighted by molar-refractivity contribution is 0.0538. The lowest BCUT2D eigenvalue weighted by Gasteiger charge is -2.33. The zero-order chi connectivity index (χ0) is 19.3. The Bertz CT molecular complexity index is 809. The highest BCUT2D eigenvalue weighted by Crippen LogP contribution is 2.26. The number of rotatable bonds is 4. The third-order valence-corrected chi connectivity index (χ3v) is 5.47. The summed E-state index contributed by atoms with van der Waals surface area (Å²) in [7, 11) is 0. The Hall–Kier alpha value is -2.31. The van der Waals surface area contributed by atoms with Crippen molar-refractivity contribution in [3.63, 3.8) is 0 Å². The third-order valence-electron chi connectivity index (χ3n) is 5.18. The molecular weight excluding hydrogens is 378 g/mol. The molecule has 2 saturated heterocycles. The standard InChI is InChI=1S/C21H24ClN3O3/c22-19-14-23-8-7-20(19)28-18-2-1-9-25(15-18)21(26)16-3-5-17(6-4-16)24-10-12-27-13-11-24/h3-8,14,18H,1-2,9-13,15H2. The molecule has 1 unspecified atom stereocenters. The van der Waals surface area contributed by atoms with Crippen LogP contribution in [0.5, 0.6) is 5.75 Å². The van der Waals surface area contributed by atoms with Crippen LogP contribution in [0, 0.1) is 0 Å². The first kappa shape index (κ1) is 19.0. The average molecular weight is 402 g/mol. The van der Waals surface area contributed by atoms with Gasteiger partial charge in [0.2, 0.25) is 0 Å². The van der Waals surface area contributed by atoms with Gasteiger partial charge in [0.25, 0.3) is 5.91 Å². The number of aromatic nitrogens is 1. The highest BCUT2D eigenvalue weighted by molar-refractivity contribution is 6.31. The molecule has 0 bridgehead atoms. The van der Waals surface area contributed by atoms with Crippen molar-refractivity contribution >= 4 is 23.2 Å². The molecule has 0 aliphatic carbocycles. The Kier molecular flexibility index (Phi) is 5.98. The molecule has 1 aromatic carbocycles. The molecule has 3 heterocycles. The number of nitrogens with zero attached hydrogens (tertiary/aromatic N) is 3. The Morgan fingerprint density at radius 2 is 1.93 bits per heavy atom. The maximum Gasteiger partial charge on any atom is 0.253 e. The van der Waals surface area contributed by atoms with E-state index in [1.165, 1.54) is 0 Å². The van der Waals surface area contributed by atoms with Crippen LogP contribution in [0.3, 0.4) is 0 Å². The van der Waals surface area contributed by atoms with Crippen LogP contribution in [-0.2, 0) is 4.74 Å². The van der Waals surface area contributed by atoms with Crippen molar-refractivity contribution in [3.05, 3.63) is 53.3 Å². The van der Waals surface area contributed by atoms with Crippen LogP contribution in [0.4, 0.5) is 5.69 Å². The largest absolute Gasteiger partial charge is 0.487 e. The van der Waals surface area contributed by atoms with E-state index in [0.29, 0.717) is 22.9 Å². The molecule has 0 saturated carbocycles. The minimum atomic E-state index is -0.0646. The summed E-state index contributed by atoms with van der Waals surface area (Å²) in [5.74, 6) is 0.661. The van der Waals surface area contributed by atoms with Gasteiger partial charge in [0, 0.05) is 49.3 Å². The molecule has 1 amide bonds. The number of amides is 1. The van der Waals surface area contributed by atoms with E-state index in [9.17, 15) is 4.79 Å². The maximum absolute atomic E-state index is 13.0. The second-order valence-corrected chi connectivity index (χ2v) is 7.49. The minimum absolute atomic E-state index is 0.0441. The number of benzene rings is 1. The van der Waals surface area contributed by atoms with E-state index < -0.39 is 0 Å². The van der Waals surface area contributed by atoms with Crippen molar-refractivity contribution < 1.29 is 14.3 Å². The normalized spacial score (nSPS) is 20.1. The van der Waals surface area contributed by atoms with Crippen LogP contribution >= 0.6 is 11.6 Å². The molecule has 2 aromatic rings. The van der Waals surface area contributed by atoms with Crippen molar-refractivity contribution in [3.8, 4) is 5.75 Å². The molecule has 0 spiro atoms. The average Bonchev–Trinajstić information content (AvgIpc) is 2.76. The van der Waals surface area contributed by atoms with E-state index in [0.717, 1.165) is 51.4 Å². The number of hydrogen-bond acceptors (Lipinski definition) is 5. The topological polar surface area (TPSA) is 54.9 Å². The van der Waals surface area contributed by atoms with Gasteiger partial charge in [0.05, 0.1) is 19.8 Å². The van der Waals surface area contributed by atoms with Crippen LogP contribution in [0.1, 0.15) is 23.2 Å². The number of morpholine rings is 1. The van der Waals surface area contributed by atoms with E-state index in [1.807, 2.05) is 29.2 Å². The molecule has 1 atom stereocenters. The number of anilines is 1. The number of piperidine rings is 1. The van der Waals surface area contributed by atoms with E-state index in [2.05, 4.69) is 9.88 Å². The first-order valence-electron chi connectivity index (χ1n) is 9.69. The summed E-state index contributed by atoms with van der Waals surface area (Å²) in [5, 5.41) is 0.490. The summed E-state index contributed by atoms with van der Waals surface area (Å²) in [6.07, 6.45) is 4.97. The van der Waals surface area contributed by atoms with Gasteiger partial charge in [0.15, 0.2) is 0 Å². The van der Waals surface area contributed by atoms with Gasteiger partial charge in [-0.2, -0.15) is 0 Å². The number of carbonyl (C=O) groups is 1. The summed E-state index contributed by atoms with van der Waals surface area (Å²) < 4.78 is 11.4. The summed E-state index contributed by atoms with van der Waals surface area (Å²) in [6.45, 7) is 4.57. The van der Waals surface area contributed by atoms with Crippen LogP contribution < -0.4 is 9.64 Å². The smallest absolute Gasteiger partial charge is 0.253 e. The van der Waals surface area contributed by atoms with E-state index in [4.69, 9.17) is 21.1 Å². The third kappa shape index (κ3) is 4.39. The second kappa shape index (κ2) is 8.80. The van der Waals surface area contributed by atoms with Crippen molar-refractivity contribution in [2.45, 2.75) is 18.9 Å². The van der Waals surface area contributed by atoms with Crippen LogP contribution in [0.25, 0.3) is 0 Å². The molecule has 4 rings (SSSR count). The monoisotopic (exact) mass is 401 g/mol. The van der Waals surface area contributed by atoms with E-state index >= 15 is 0 Å². The fraction of sp³-hybridized carbons (Fsp3) is 0.429. The number of carbonyl (C=O) groups excluding carboxylic acids is 1. The maximum atomic E-state index is 13.0. The van der Waals surface area contributed by atoms with Crippen molar-refractivity contribution in [1.29, 1.82) is 0 Å². The number of pyridine rings is 1. The molecule has 1 aromatic heterocycles. The first-order valence-corrected chi connectivity index (χ1v) is 10.1. The number of hydrogen-bond donors (Lipinski definition) is 0. The lowest BCUT2D eigenvalue weighted by atomic mass is 10.1. The second-order valence-electron chi connectivity index (χ2n) is 7.09. The molecule has 2 fully saturated rings. The molecule has 2 aliphatic rings. The Labute approximate surface area is 170 Å². The van der Waals surface area contributed by atoms with Crippen LogP contribution in [0.2, 0.25) is 5.02 Å². The number of ether oxygens (including phenoxy) is 2. The van der Waals surface area contributed by atoms with Crippen molar-refractivity contribution in [1.82, 2.24) is 9.88 Å². The van der Waals surface area contributed by atoms with E-state index in [-0.39, 0.29) is 12.0 Å². The van der Waals surface area contributed by atoms with Gasteiger partial charge in [-0.1, -0.05) is 11.6 Å². The Balaban J connectivity index is 1.39. The first-order chi connectivity index (χ1) is 13.7. The summed E-state index contributed by atoms with van der Waals surface area (Å²) in [6, 6.07) is 9.63. The van der Waals surface area contributed by atoms with Gasteiger partial charge in [-0.3, -0.25) is 9.78 Å². The van der Waals surface area contributed by atoms with Gasteiger partial charge in [-0.15, -0.1) is 0 Å². The fourth-order valence-electron chi connectivity index (χ4n) is 3.68. The van der Waals surface area contributed by atoms with Crippen LogP contribution in [0.15, 0.2) is 42.7 Å². The van der Waals surface area contributed by atoms with Gasteiger partial charge < -0.3 is 19.3 Å². The molecule has 2 aliphatic heterocycles. The van der Waals surface area contributed by atoms with Crippen LogP contribution in [-0.4, -0.2) is 61.3 Å². The van der Waals surface area contributed by atoms with E-state index in [1.54, 1.807) is 18.5 Å². The van der Waals surface area contributed by atoms with Gasteiger partial charge in [0.1, 0.15) is 16.9 Å². The lowest BCUT2D eigenvalue weighted by Crippen LogP contribution is -2.44. The summed E-state index contributed by atoms with van der Waals surface area (Å²) >= 11 is 6.14. The zero-order valence-electron chi connectivity index (χ0n) is 15.7. The molecule has 7 heteroatoms. The van der Waals surface area contributed by atoms with Crippen molar-refractivity contribution in [2.24, 2.45) is 0 Å². The predicted octanol–water partition coefficient (Wildman–Crippen LogP) is 3.26. The quantitative estimate of drug-likeness (QED) is 0.787. The summed E-state index contributed by atoms with van der Waals surface area (Å²) in [5.41, 5.74) is 1.84. The summed E-state index contributed by atoms with van der Waals surface area (Å²) in [4.78, 5) is 21.1. The highest BCUT2D eigenvalue weighted by Gasteiger charge is 2.26. The minimum Gasteiger partial charge on any atom is -0.487 e. The fourth-order valence-corrected chi connectivity index (χ4v) is 3.84. The zero-order valence-corrected chi connectivity index (χ0v) is 16.5. The molecular formula is C21H24ClN3O3. The van der Waals surface area contributed by atoms with Gasteiger partial charge in [-0.25, -0.2) is 0 Å².